The van der Waals surface area contributed by atoms with Gasteiger partial charge in [-0.15, -0.1) is 0 Å². The van der Waals surface area contributed by atoms with Crippen molar-refractivity contribution in [3.05, 3.63) is 54.1 Å². The first-order valence-corrected chi connectivity index (χ1v) is 9.21. The third kappa shape index (κ3) is 6.27. The van der Waals surface area contributed by atoms with Crippen molar-refractivity contribution >= 4 is 11.6 Å². The Morgan fingerprint density at radius 1 is 1.19 bits per heavy atom. The third-order valence-corrected chi connectivity index (χ3v) is 4.35. The summed E-state index contributed by atoms with van der Waals surface area (Å²) in [4.78, 5) is 12.1. The van der Waals surface area contributed by atoms with Gasteiger partial charge in [-0.1, -0.05) is 18.2 Å². The lowest BCUT2D eigenvalue weighted by atomic mass is 10.2. The molecule has 1 amide bonds. The van der Waals surface area contributed by atoms with E-state index < -0.39 is 0 Å². The summed E-state index contributed by atoms with van der Waals surface area (Å²) in [6.07, 6.45) is 2.30. The molecular formula is C21H26N2O4. The van der Waals surface area contributed by atoms with Crippen LogP contribution in [0.3, 0.4) is 0 Å². The average molecular weight is 370 g/mol. The van der Waals surface area contributed by atoms with Crippen molar-refractivity contribution in [2.24, 2.45) is 0 Å². The molecule has 144 valence electrons. The Balaban J connectivity index is 1.40. The van der Waals surface area contributed by atoms with Crippen LogP contribution in [0.1, 0.15) is 18.4 Å². The van der Waals surface area contributed by atoms with Gasteiger partial charge < -0.3 is 24.8 Å². The standard InChI is InChI=1S/C21H26N2O4/c1-25-18-9-7-16(8-10-18)13-22-14-21(24)23-17-4-2-5-19(12-17)27-15-20-6-3-11-26-20/h2,4-5,7-10,12,20,22H,3,6,11,13-15H2,1H3,(H,23,24). The number of hydrogen-bond acceptors (Lipinski definition) is 5. The summed E-state index contributed by atoms with van der Waals surface area (Å²) >= 11 is 0. The van der Waals surface area contributed by atoms with E-state index in [2.05, 4.69) is 10.6 Å². The number of benzene rings is 2. The Kier molecular flexibility index (Phi) is 7.07. The first-order valence-electron chi connectivity index (χ1n) is 9.21. The fourth-order valence-electron chi connectivity index (χ4n) is 2.90. The molecule has 2 aromatic rings. The number of ether oxygens (including phenoxy) is 3. The minimum Gasteiger partial charge on any atom is -0.497 e. The number of amides is 1. The van der Waals surface area contributed by atoms with Crippen molar-refractivity contribution in [1.29, 1.82) is 0 Å². The van der Waals surface area contributed by atoms with E-state index >= 15 is 0 Å². The second-order valence-electron chi connectivity index (χ2n) is 6.47. The number of carbonyl (C=O) groups excluding carboxylic acids is 1. The van der Waals surface area contributed by atoms with Crippen LogP contribution in [0.2, 0.25) is 0 Å². The molecule has 6 heteroatoms. The maximum absolute atomic E-state index is 12.1. The lowest BCUT2D eigenvalue weighted by Gasteiger charge is -2.13. The number of methoxy groups -OCH3 is 1. The molecule has 27 heavy (non-hydrogen) atoms. The molecule has 1 fully saturated rings. The molecule has 6 nitrogen and oxygen atoms in total. The SMILES string of the molecule is COc1ccc(CNCC(=O)Nc2cccc(OCC3CCCO3)c2)cc1. The van der Waals surface area contributed by atoms with Crippen molar-refractivity contribution in [2.75, 3.05) is 32.2 Å². The van der Waals surface area contributed by atoms with Gasteiger partial charge in [0.15, 0.2) is 0 Å². The van der Waals surface area contributed by atoms with Crippen LogP contribution in [0, 0.1) is 0 Å². The maximum atomic E-state index is 12.1. The van der Waals surface area contributed by atoms with Crippen LogP contribution in [0.4, 0.5) is 5.69 Å². The fourth-order valence-corrected chi connectivity index (χ4v) is 2.90. The monoisotopic (exact) mass is 370 g/mol. The van der Waals surface area contributed by atoms with Gasteiger partial charge in [0.05, 0.1) is 19.8 Å². The molecule has 1 heterocycles. The quantitative estimate of drug-likeness (QED) is 0.710. The van der Waals surface area contributed by atoms with E-state index in [9.17, 15) is 4.79 Å². The Bertz CT molecular complexity index is 727. The smallest absolute Gasteiger partial charge is 0.238 e. The predicted molar refractivity (Wildman–Crippen MR) is 104 cm³/mol. The normalized spacial score (nSPS) is 16.1. The molecule has 0 spiro atoms. The molecule has 1 aliphatic rings. The van der Waals surface area contributed by atoms with Crippen molar-refractivity contribution in [3.63, 3.8) is 0 Å². The van der Waals surface area contributed by atoms with Crippen LogP contribution in [0.5, 0.6) is 11.5 Å². The number of rotatable bonds is 9. The summed E-state index contributed by atoms with van der Waals surface area (Å²) in [6.45, 7) is 2.20. The minimum atomic E-state index is -0.0974. The zero-order valence-electron chi connectivity index (χ0n) is 15.6. The molecule has 3 rings (SSSR count). The van der Waals surface area contributed by atoms with Gasteiger partial charge in [0.1, 0.15) is 18.1 Å². The summed E-state index contributed by atoms with van der Waals surface area (Å²) in [7, 11) is 1.64. The van der Waals surface area contributed by atoms with Gasteiger partial charge >= 0.3 is 0 Å². The first-order chi connectivity index (χ1) is 13.2. The van der Waals surface area contributed by atoms with Crippen LogP contribution < -0.4 is 20.1 Å². The summed E-state index contributed by atoms with van der Waals surface area (Å²) < 4.78 is 16.5. The topological polar surface area (TPSA) is 68.8 Å². The van der Waals surface area contributed by atoms with Gasteiger partial charge in [0, 0.05) is 24.9 Å². The molecule has 0 aliphatic carbocycles. The largest absolute Gasteiger partial charge is 0.497 e. The summed E-state index contributed by atoms with van der Waals surface area (Å²) in [5.41, 5.74) is 1.81. The molecular weight excluding hydrogens is 344 g/mol. The van der Waals surface area contributed by atoms with E-state index in [4.69, 9.17) is 14.2 Å². The van der Waals surface area contributed by atoms with Gasteiger partial charge in [-0.3, -0.25) is 4.79 Å². The zero-order chi connectivity index (χ0) is 18.9. The van der Waals surface area contributed by atoms with E-state index in [0.29, 0.717) is 13.2 Å². The van der Waals surface area contributed by atoms with E-state index in [1.54, 1.807) is 7.11 Å². The van der Waals surface area contributed by atoms with Crippen molar-refractivity contribution in [2.45, 2.75) is 25.5 Å². The van der Waals surface area contributed by atoms with Gasteiger partial charge in [0.25, 0.3) is 0 Å². The lowest BCUT2D eigenvalue weighted by Crippen LogP contribution is -2.27. The molecule has 1 unspecified atom stereocenters. The molecule has 2 N–H and O–H groups in total. The molecule has 0 saturated carbocycles. The molecule has 0 aromatic heterocycles. The van der Waals surface area contributed by atoms with Crippen LogP contribution in [-0.4, -0.2) is 38.9 Å². The van der Waals surface area contributed by atoms with Crippen LogP contribution in [0.15, 0.2) is 48.5 Å². The summed E-state index contributed by atoms with van der Waals surface area (Å²) in [5, 5.41) is 6.02. The number of nitrogens with one attached hydrogen (secondary N) is 2. The zero-order valence-corrected chi connectivity index (χ0v) is 15.6. The highest BCUT2D eigenvalue weighted by atomic mass is 16.5. The Morgan fingerprint density at radius 2 is 2.04 bits per heavy atom. The van der Waals surface area contributed by atoms with E-state index in [1.165, 1.54) is 0 Å². The lowest BCUT2D eigenvalue weighted by molar-refractivity contribution is -0.115. The molecule has 0 bridgehead atoms. The second kappa shape index (κ2) is 9.94. The van der Waals surface area contributed by atoms with Gasteiger partial charge in [-0.2, -0.15) is 0 Å². The predicted octanol–water partition coefficient (Wildman–Crippen LogP) is 2.98. The highest BCUT2D eigenvalue weighted by molar-refractivity contribution is 5.92. The fraction of sp³-hybridized carbons (Fsp3) is 0.381. The number of hydrogen-bond donors (Lipinski definition) is 2. The van der Waals surface area contributed by atoms with Crippen molar-refractivity contribution < 1.29 is 19.0 Å². The first kappa shape index (κ1) is 19.2. The molecule has 2 aromatic carbocycles. The van der Waals surface area contributed by atoms with Crippen molar-refractivity contribution in [1.82, 2.24) is 5.32 Å². The molecule has 0 radical (unpaired) electrons. The number of anilines is 1. The van der Waals surface area contributed by atoms with Crippen molar-refractivity contribution in [3.8, 4) is 11.5 Å². The number of carbonyl (C=O) groups is 1. The highest BCUT2D eigenvalue weighted by Crippen LogP contribution is 2.19. The summed E-state index contributed by atoms with van der Waals surface area (Å²) in [6, 6.07) is 15.2. The maximum Gasteiger partial charge on any atom is 0.238 e. The van der Waals surface area contributed by atoms with Crippen LogP contribution in [0.25, 0.3) is 0 Å². The van der Waals surface area contributed by atoms with Crippen LogP contribution >= 0.6 is 0 Å². The third-order valence-electron chi connectivity index (χ3n) is 4.35. The van der Waals surface area contributed by atoms with E-state index in [0.717, 1.165) is 42.2 Å². The average Bonchev–Trinajstić information content (AvgIpc) is 3.21. The van der Waals surface area contributed by atoms with E-state index in [1.807, 2.05) is 48.5 Å². The Morgan fingerprint density at radius 3 is 2.78 bits per heavy atom. The Labute approximate surface area is 159 Å². The van der Waals surface area contributed by atoms with Gasteiger partial charge in [-0.25, -0.2) is 0 Å². The van der Waals surface area contributed by atoms with Crippen LogP contribution in [-0.2, 0) is 16.1 Å². The second-order valence-corrected chi connectivity index (χ2v) is 6.47. The van der Waals surface area contributed by atoms with Gasteiger partial charge in [0.2, 0.25) is 5.91 Å². The molecule has 1 aliphatic heterocycles. The highest BCUT2D eigenvalue weighted by Gasteiger charge is 2.16. The van der Waals surface area contributed by atoms with Gasteiger partial charge in [-0.05, 0) is 42.7 Å². The molecule has 1 saturated heterocycles. The van der Waals surface area contributed by atoms with E-state index in [-0.39, 0.29) is 18.6 Å². The molecule has 1 atom stereocenters. The summed E-state index contributed by atoms with van der Waals surface area (Å²) in [5.74, 6) is 1.45. The minimum absolute atomic E-state index is 0.0974. The Hall–Kier alpha value is -2.57.